The summed E-state index contributed by atoms with van der Waals surface area (Å²) in [6.07, 6.45) is 0. The fourth-order valence-corrected chi connectivity index (χ4v) is 2.07. The van der Waals surface area contributed by atoms with Gasteiger partial charge in [-0.1, -0.05) is 0 Å². The molecule has 1 aliphatic rings. The number of carbonyl (C=O) groups is 1. The first kappa shape index (κ1) is 8.67. The summed E-state index contributed by atoms with van der Waals surface area (Å²) in [5, 5.41) is 0. The summed E-state index contributed by atoms with van der Waals surface area (Å²) in [5.74, 6) is 1.17. The van der Waals surface area contributed by atoms with Crippen molar-refractivity contribution in [2.45, 2.75) is 0 Å². The molecule has 1 fully saturated rings. The van der Waals surface area contributed by atoms with Crippen LogP contribution in [0.5, 0.6) is 0 Å². The molecule has 0 radical (unpaired) electrons. The average molecular weight is 176 g/mol. The largest absolute Gasteiger partial charge is 0.340 e. The van der Waals surface area contributed by atoms with Crippen molar-refractivity contribution in [1.82, 2.24) is 4.90 Å². The summed E-state index contributed by atoms with van der Waals surface area (Å²) >= 11 is 0. The molecule has 64 valence electrons. The number of hydrogen-bond acceptors (Lipinski definition) is 3. The molecule has 4 nitrogen and oxygen atoms in total. The zero-order chi connectivity index (χ0) is 8.27. The molecule has 0 aromatic rings. The van der Waals surface area contributed by atoms with Crippen molar-refractivity contribution < 1.29 is 9.00 Å². The molecule has 0 aromatic carbocycles. The standard InChI is InChI=1S/C6H12N2O2S/c7-5-6(9)8-1-3-11(10)4-2-8/h1-5,7H2. The smallest absolute Gasteiger partial charge is 0.236 e. The van der Waals surface area contributed by atoms with Gasteiger partial charge in [0.15, 0.2) is 0 Å². The fraction of sp³-hybridized carbons (Fsp3) is 0.833. The van der Waals surface area contributed by atoms with Gasteiger partial charge in [0.1, 0.15) is 0 Å². The summed E-state index contributed by atoms with van der Waals surface area (Å²) in [7, 11) is -0.714. The Kier molecular flexibility index (Phi) is 3.02. The lowest BCUT2D eigenvalue weighted by molar-refractivity contribution is -0.129. The van der Waals surface area contributed by atoms with E-state index in [1.165, 1.54) is 0 Å². The Morgan fingerprint density at radius 2 is 2.00 bits per heavy atom. The van der Waals surface area contributed by atoms with Crippen molar-refractivity contribution in [2.75, 3.05) is 31.1 Å². The predicted octanol–water partition coefficient (Wildman–Crippen LogP) is -1.46. The van der Waals surface area contributed by atoms with Crippen molar-refractivity contribution >= 4 is 16.7 Å². The van der Waals surface area contributed by atoms with Crippen LogP contribution in [-0.2, 0) is 15.6 Å². The molecule has 0 aliphatic carbocycles. The second kappa shape index (κ2) is 3.82. The Morgan fingerprint density at radius 3 is 2.45 bits per heavy atom. The summed E-state index contributed by atoms with van der Waals surface area (Å²) < 4.78 is 10.9. The highest BCUT2D eigenvalue weighted by molar-refractivity contribution is 7.85. The maximum Gasteiger partial charge on any atom is 0.236 e. The van der Waals surface area contributed by atoms with Gasteiger partial charge in [0.2, 0.25) is 5.91 Å². The molecule has 1 aliphatic heterocycles. The molecular weight excluding hydrogens is 164 g/mol. The Hall–Kier alpha value is -0.420. The topological polar surface area (TPSA) is 63.4 Å². The molecule has 1 saturated heterocycles. The Morgan fingerprint density at radius 1 is 1.45 bits per heavy atom. The van der Waals surface area contributed by atoms with E-state index in [1.807, 2.05) is 0 Å². The molecular formula is C6H12N2O2S. The van der Waals surface area contributed by atoms with Crippen molar-refractivity contribution in [2.24, 2.45) is 5.73 Å². The first-order valence-corrected chi connectivity index (χ1v) is 5.05. The van der Waals surface area contributed by atoms with Crippen LogP contribution >= 0.6 is 0 Å². The van der Waals surface area contributed by atoms with Gasteiger partial charge in [0.05, 0.1) is 6.54 Å². The molecule has 1 rings (SSSR count). The lowest BCUT2D eigenvalue weighted by Crippen LogP contribution is -2.44. The molecule has 0 aromatic heterocycles. The monoisotopic (exact) mass is 176 g/mol. The molecule has 1 amide bonds. The van der Waals surface area contributed by atoms with E-state index in [0.29, 0.717) is 24.6 Å². The molecule has 1 heterocycles. The molecule has 2 N–H and O–H groups in total. The average Bonchev–Trinajstić information content (AvgIpc) is 2.05. The predicted molar refractivity (Wildman–Crippen MR) is 43.5 cm³/mol. The number of rotatable bonds is 1. The van der Waals surface area contributed by atoms with Crippen LogP contribution in [0.25, 0.3) is 0 Å². The molecule has 11 heavy (non-hydrogen) atoms. The molecule has 0 saturated carbocycles. The second-order valence-corrected chi connectivity index (χ2v) is 4.13. The highest BCUT2D eigenvalue weighted by Crippen LogP contribution is 1.99. The SMILES string of the molecule is NCC(=O)N1CCS(=O)CC1. The van der Waals surface area contributed by atoms with E-state index < -0.39 is 10.8 Å². The minimum Gasteiger partial charge on any atom is -0.340 e. The Balaban J connectivity index is 2.39. The van der Waals surface area contributed by atoms with E-state index in [0.717, 1.165) is 0 Å². The number of amides is 1. The quantitative estimate of drug-likeness (QED) is 0.531. The highest BCUT2D eigenvalue weighted by Gasteiger charge is 2.18. The van der Waals surface area contributed by atoms with Crippen LogP contribution in [-0.4, -0.2) is 46.2 Å². The van der Waals surface area contributed by atoms with E-state index in [4.69, 9.17) is 5.73 Å². The maximum atomic E-state index is 11.0. The van der Waals surface area contributed by atoms with Crippen molar-refractivity contribution in [3.8, 4) is 0 Å². The van der Waals surface area contributed by atoms with Crippen molar-refractivity contribution in [3.05, 3.63) is 0 Å². The highest BCUT2D eigenvalue weighted by atomic mass is 32.2. The number of carbonyl (C=O) groups excluding carboxylic acids is 1. The van der Waals surface area contributed by atoms with Gasteiger partial charge >= 0.3 is 0 Å². The molecule has 0 bridgehead atoms. The molecule has 0 atom stereocenters. The molecule has 0 unspecified atom stereocenters. The third-order valence-corrected chi connectivity index (χ3v) is 2.98. The maximum absolute atomic E-state index is 11.0. The van der Waals surface area contributed by atoms with Crippen LogP contribution in [0.2, 0.25) is 0 Å². The fourth-order valence-electron chi connectivity index (χ4n) is 1.02. The van der Waals surface area contributed by atoms with Crippen molar-refractivity contribution in [1.29, 1.82) is 0 Å². The lowest BCUT2D eigenvalue weighted by atomic mass is 10.4. The number of nitrogens with zero attached hydrogens (tertiary/aromatic N) is 1. The van der Waals surface area contributed by atoms with Crippen LogP contribution in [0.4, 0.5) is 0 Å². The molecule has 0 spiro atoms. The van der Waals surface area contributed by atoms with Gasteiger partial charge in [-0.3, -0.25) is 9.00 Å². The van der Waals surface area contributed by atoms with Crippen LogP contribution in [0.3, 0.4) is 0 Å². The third kappa shape index (κ3) is 2.27. The zero-order valence-corrected chi connectivity index (χ0v) is 7.10. The lowest BCUT2D eigenvalue weighted by Gasteiger charge is -2.25. The first-order valence-electron chi connectivity index (χ1n) is 3.57. The first-order chi connectivity index (χ1) is 5.24. The zero-order valence-electron chi connectivity index (χ0n) is 6.28. The van der Waals surface area contributed by atoms with Gasteiger partial charge < -0.3 is 10.6 Å². The second-order valence-electron chi connectivity index (χ2n) is 2.43. The minimum absolute atomic E-state index is 0.0401. The summed E-state index contributed by atoms with van der Waals surface area (Å²) in [5.41, 5.74) is 5.17. The van der Waals surface area contributed by atoms with Gasteiger partial charge in [-0.25, -0.2) is 0 Å². The van der Waals surface area contributed by atoms with E-state index in [-0.39, 0.29) is 12.5 Å². The third-order valence-electron chi connectivity index (χ3n) is 1.71. The van der Waals surface area contributed by atoms with Gasteiger partial charge in [-0.05, 0) is 0 Å². The van der Waals surface area contributed by atoms with Crippen LogP contribution in [0.1, 0.15) is 0 Å². The Labute approximate surface area is 68.2 Å². The number of nitrogens with two attached hydrogens (primary N) is 1. The van der Waals surface area contributed by atoms with E-state index >= 15 is 0 Å². The minimum atomic E-state index is -0.714. The van der Waals surface area contributed by atoms with E-state index in [9.17, 15) is 9.00 Å². The van der Waals surface area contributed by atoms with Gasteiger partial charge in [0.25, 0.3) is 0 Å². The van der Waals surface area contributed by atoms with E-state index in [1.54, 1.807) is 4.90 Å². The number of hydrogen-bond donors (Lipinski definition) is 1. The molecule has 5 heteroatoms. The van der Waals surface area contributed by atoms with E-state index in [2.05, 4.69) is 0 Å². The van der Waals surface area contributed by atoms with Crippen LogP contribution in [0, 0.1) is 0 Å². The van der Waals surface area contributed by atoms with Gasteiger partial charge in [-0.2, -0.15) is 0 Å². The van der Waals surface area contributed by atoms with Gasteiger partial charge in [0, 0.05) is 35.4 Å². The van der Waals surface area contributed by atoms with Crippen LogP contribution < -0.4 is 5.73 Å². The van der Waals surface area contributed by atoms with Crippen molar-refractivity contribution in [3.63, 3.8) is 0 Å². The Bertz CT molecular complexity index is 173. The normalized spacial score (nSPS) is 20.3. The summed E-state index contributed by atoms with van der Waals surface area (Å²) in [6, 6.07) is 0. The summed E-state index contributed by atoms with van der Waals surface area (Å²) in [4.78, 5) is 12.6. The van der Waals surface area contributed by atoms with Crippen LogP contribution in [0.15, 0.2) is 0 Å². The summed E-state index contributed by atoms with van der Waals surface area (Å²) in [6.45, 7) is 1.26. The van der Waals surface area contributed by atoms with Gasteiger partial charge in [-0.15, -0.1) is 0 Å².